The predicted molar refractivity (Wildman–Crippen MR) is 53.2 cm³/mol. The molecule has 0 heterocycles. The number of carbonyl (C=O) groups is 2. The Hall–Kier alpha value is -1.14. The first-order valence-corrected chi connectivity index (χ1v) is 5.26. The summed E-state index contributed by atoms with van der Waals surface area (Å²) in [6, 6.07) is 0. The van der Waals surface area contributed by atoms with E-state index in [1.165, 1.54) is 0 Å². The second-order valence-corrected chi connectivity index (χ2v) is 3.77. The van der Waals surface area contributed by atoms with Gasteiger partial charge in [-0.2, -0.15) is 0 Å². The lowest BCUT2D eigenvalue weighted by Gasteiger charge is -2.30. The third-order valence-electron chi connectivity index (χ3n) is 2.48. The third kappa shape index (κ3) is 4.59. The number of carboxylic acid groups (broad SMARTS) is 2. The minimum Gasteiger partial charge on any atom is -0.480 e. The van der Waals surface area contributed by atoms with Crippen LogP contribution in [0.4, 0.5) is 0 Å². The van der Waals surface area contributed by atoms with Gasteiger partial charge in [-0.15, -0.1) is 0 Å². The van der Waals surface area contributed by atoms with E-state index in [1.54, 1.807) is 0 Å². The molecule has 0 aromatic carbocycles. The molecule has 0 spiro atoms. The van der Waals surface area contributed by atoms with Crippen LogP contribution < -0.4 is 0 Å². The van der Waals surface area contributed by atoms with E-state index in [0.717, 1.165) is 25.7 Å². The van der Waals surface area contributed by atoms with Gasteiger partial charge in [0.25, 0.3) is 0 Å². The van der Waals surface area contributed by atoms with Gasteiger partial charge < -0.3 is 19.7 Å². The van der Waals surface area contributed by atoms with Crippen LogP contribution in [0.3, 0.4) is 0 Å². The Bertz CT molecular complexity index is 226. The minimum absolute atomic E-state index is 0.302. The molecule has 1 aliphatic carbocycles. The van der Waals surface area contributed by atoms with Crippen molar-refractivity contribution in [1.29, 1.82) is 0 Å². The molecule has 1 rings (SSSR count). The molecule has 2 atom stereocenters. The summed E-state index contributed by atoms with van der Waals surface area (Å²) in [6.07, 6.45) is 2.75. The van der Waals surface area contributed by atoms with Crippen LogP contribution in [0.5, 0.6) is 0 Å². The van der Waals surface area contributed by atoms with Crippen LogP contribution in [0.25, 0.3) is 0 Å². The highest BCUT2D eigenvalue weighted by atomic mass is 16.6. The van der Waals surface area contributed by atoms with Gasteiger partial charge in [0.1, 0.15) is 13.2 Å². The maximum absolute atomic E-state index is 10.4. The fourth-order valence-corrected chi connectivity index (χ4v) is 1.80. The highest BCUT2D eigenvalue weighted by molar-refractivity contribution is 5.68. The number of aliphatic carboxylic acids is 2. The molecule has 6 nitrogen and oxygen atoms in total. The number of ether oxygens (including phenoxy) is 2. The van der Waals surface area contributed by atoms with E-state index in [2.05, 4.69) is 0 Å². The highest BCUT2D eigenvalue weighted by Gasteiger charge is 2.27. The zero-order chi connectivity index (χ0) is 12.0. The molecule has 1 fully saturated rings. The predicted octanol–water partition coefficient (Wildman–Crippen LogP) is 0.500. The fourth-order valence-electron chi connectivity index (χ4n) is 1.80. The van der Waals surface area contributed by atoms with Crippen molar-refractivity contribution in [2.24, 2.45) is 0 Å². The minimum atomic E-state index is -1.03. The van der Waals surface area contributed by atoms with Gasteiger partial charge in [0.05, 0.1) is 12.2 Å². The van der Waals surface area contributed by atoms with Crippen LogP contribution in [0.15, 0.2) is 0 Å². The Morgan fingerprint density at radius 1 is 0.938 bits per heavy atom. The molecule has 92 valence electrons. The van der Waals surface area contributed by atoms with Gasteiger partial charge in [-0.3, -0.25) is 0 Å². The average Bonchev–Trinajstić information content (AvgIpc) is 2.24. The Morgan fingerprint density at radius 3 is 1.62 bits per heavy atom. The lowest BCUT2D eigenvalue weighted by Crippen LogP contribution is -2.37. The Kier molecular flexibility index (Phi) is 5.21. The van der Waals surface area contributed by atoms with E-state index in [-0.39, 0.29) is 25.4 Å². The van der Waals surface area contributed by atoms with Crippen molar-refractivity contribution in [3.8, 4) is 0 Å². The van der Waals surface area contributed by atoms with E-state index in [4.69, 9.17) is 19.7 Å². The van der Waals surface area contributed by atoms with E-state index < -0.39 is 11.9 Å². The van der Waals surface area contributed by atoms with E-state index in [9.17, 15) is 9.59 Å². The summed E-state index contributed by atoms with van der Waals surface area (Å²) in [5.74, 6) is -2.05. The summed E-state index contributed by atoms with van der Waals surface area (Å²) in [6.45, 7) is -0.727. The molecule has 0 radical (unpaired) electrons. The number of hydrogen-bond acceptors (Lipinski definition) is 4. The first-order chi connectivity index (χ1) is 7.59. The van der Waals surface area contributed by atoms with E-state index in [0.29, 0.717) is 0 Å². The molecule has 1 unspecified atom stereocenters. The van der Waals surface area contributed by atoms with Crippen LogP contribution in [0, 0.1) is 0 Å². The van der Waals surface area contributed by atoms with Gasteiger partial charge in [-0.1, -0.05) is 12.8 Å². The van der Waals surface area contributed by atoms with Crippen LogP contribution in [0.2, 0.25) is 0 Å². The Balaban J connectivity index is 2.37. The maximum Gasteiger partial charge on any atom is 0.329 e. The van der Waals surface area contributed by atoms with Gasteiger partial charge in [0.15, 0.2) is 0 Å². The van der Waals surface area contributed by atoms with Crippen LogP contribution in [-0.2, 0) is 19.1 Å². The molecule has 1 saturated carbocycles. The normalized spacial score (nSPS) is 25.2. The first-order valence-electron chi connectivity index (χ1n) is 5.26. The zero-order valence-corrected chi connectivity index (χ0v) is 8.92. The van der Waals surface area contributed by atoms with Crippen molar-refractivity contribution in [2.45, 2.75) is 37.9 Å². The molecule has 0 aromatic heterocycles. The molecule has 16 heavy (non-hydrogen) atoms. The monoisotopic (exact) mass is 232 g/mol. The van der Waals surface area contributed by atoms with Gasteiger partial charge in [-0.05, 0) is 12.8 Å². The van der Waals surface area contributed by atoms with Crippen LogP contribution in [-0.4, -0.2) is 47.6 Å². The Morgan fingerprint density at radius 2 is 1.31 bits per heavy atom. The smallest absolute Gasteiger partial charge is 0.329 e. The highest BCUT2D eigenvalue weighted by Crippen LogP contribution is 2.23. The van der Waals surface area contributed by atoms with Crippen LogP contribution in [0.1, 0.15) is 25.7 Å². The summed E-state index contributed by atoms with van der Waals surface area (Å²) in [5.41, 5.74) is 0. The van der Waals surface area contributed by atoms with Crippen molar-refractivity contribution < 1.29 is 29.3 Å². The van der Waals surface area contributed by atoms with Crippen molar-refractivity contribution in [2.75, 3.05) is 13.2 Å². The standard InChI is InChI=1S/C10H16O6/c11-9(12)5-15-7-3-1-2-4-8(7)16-6-10(13)14/h7-8H,1-6H2,(H,11,12)(H,13,14)/t7-,8?/m0/s1. The summed E-state index contributed by atoms with van der Waals surface area (Å²) >= 11 is 0. The van der Waals surface area contributed by atoms with Crippen molar-refractivity contribution in [1.82, 2.24) is 0 Å². The fraction of sp³-hybridized carbons (Fsp3) is 0.800. The molecular formula is C10H16O6. The second-order valence-electron chi connectivity index (χ2n) is 3.77. The summed E-state index contributed by atoms with van der Waals surface area (Å²) in [7, 11) is 0. The topological polar surface area (TPSA) is 93.1 Å². The molecule has 0 amide bonds. The zero-order valence-electron chi connectivity index (χ0n) is 8.92. The quantitative estimate of drug-likeness (QED) is 0.692. The molecule has 2 N–H and O–H groups in total. The van der Waals surface area contributed by atoms with Crippen LogP contribution >= 0.6 is 0 Å². The lowest BCUT2D eigenvalue weighted by atomic mass is 9.94. The maximum atomic E-state index is 10.4. The largest absolute Gasteiger partial charge is 0.480 e. The van der Waals surface area contributed by atoms with Gasteiger partial charge in [0, 0.05) is 0 Å². The second kappa shape index (κ2) is 6.44. The Labute approximate surface area is 93.2 Å². The molecule has 0 aliphatic heterocycles. The molecule has 6 heteroatoms. The number of carboxylic acids is 2. The molecule has 0 aromatic rings. The molecular weight excluding hydrogens is 216 g/mol. The van der Waals surface area contributed by atoms with Gasteiger partial charge in [-0.25, -0.2) is 9.59 Å². The van der Waals surface area contributed by atoms with Crippen molar-refractivity contribution in [3.05, 3.63) is 0 Å². The summed E-state index contributed by atoms with van der Waals surface area (Å²) < 4.78 is 10.3. The SMILES string of the molecule is O=C(O)COC1CCCC[C@@H]1OCC(=O)O. The lowest BCUT2D eigenvalue weighted by molar-refractivity contribution is -0.158. The van der Waals surface area contributed by atoms with E-state index in [1.807, 2.05) is 0 Å². The summed E-state index contributed by atoms with van der Waals surface area (Å²) in [4.78, 5) is 20.7. The molecule has 1 aliphatic rings. The van der Waals surface area contributed by atoms with Crippen molar-refractivity contribution in [3.63, 3.8) is 0 Å². The third-order valence-corrected chi connectivity index (χ3v) is 2.48. The summed E-state index contributed by atoms with van der Waals surface area (Å²) in [5, 5.41) is 17.0. The molecule has 0 saturated heterocycles. The average molecular weight is 232 g/mol. The van der Waals surface area contributed by atoms with E-state index >= 15 is 0 Å². The molecule has 0 bridgehead atoms. The number of hydrogen-bond donors (Lipinski definition) is 2. The van der Waals surface area contributed by atoms with Gasteiger partial charge in [0.2, 0.25) is 0 Å². The first kappa shape index (κ1) is 12.9. The van der Waals surface area contributed by atoms with Crippen molar-refractivity contribution >= 4 is 11.9 Å². The van der Waals surface area contributed by atoms with Gasteiger partial charge >= 0.3 is 11.9 Å². The number of rotatable bonds is 6.